The third kappa shape index (κ3) is 2.47. The highest BCUT2D eigenvalue weighted by molar-refractivity contribution is 5.11. The molecule has 1 fully saturated rings. The van der Waals surface area contributed by atoms with Crippen LogP contribution < -0.4 is 0 Å². The zero-order valence-corrected chi connectivity index (χ0v) is 8.67. The Bertz CT molecular complexity index is 327. The van der Waals surface area contributed by atoms with Gasteiger partial charge in [0, 0.05) is 26.2 Å². The second kappa shape index (κ2) is 5.69. The quantitative estimate of drug-likeness (QED) is 0.610. The molecule has 1 aliphatic heterocycles. The Morgan fingerprint density at radius 1 is 0.625 bits per heavy atom. The van der Waals surface area contributed by atoms with Crippen molar-refractivity contribution in [2.45, 2.75) is 12.1 Å². The molecule has 16 heavy (non-hydrogen) atoms. The van der Waals surface area contributed by atoms with Crippen molar-refractivity contribution in [1.82, 2.24) is 9.80 Å². The van der Waals surface area contributed by atoms with Gasteiger partial charge < -0.3 is 0 Å². The first-order chi connectivity index (χ1) is 7.76. The van der Waals surface area contributed by atoms with Crippen LogP contribution in [0.2, 0.25) is 0 Å². The summed E-state index contributed by atoms with van der Waals surface area (Å²) in [5.41, 5.74) is 0. The average Bonchev–Trinajstić information content (AvgIpc) is 2.34. The van der Waals surface area contributed by atoms with Crippen molar-refractivity contribution in [2.75, 3.05) is 26.2 Å². The highest BCUT2D eigenvalue weighted by Gasteiger charge is 2.27. The molecule has 80 valence electrons. The van der Waals surface area contributed by atoms with Gasteiger partial charge in [0.2, 0.25) is 0 Å². The van der Waals surface area contributed by atoms with Gasteiger partial charge in [-0.3, -0.25) is 9.80 Å². The van der Waals surface area contributed by atoms with E-state index in [0.717, 1.165) is 0 Å². The number of hydrogen-bond donors (Lipinski definition) is 0. The number of nitriles is 4. The van der Waals surface area contributed by atoms with Gasteiger partial charge in [0.05, 0.1) is 24.3 Å². The van der Waals surface area contributed by atoms with E-state index < -0.39 is 12.1 Å². The number of rotatable bonds is 2. The van der Waals surface area contributed by atoms with Crippen LogP contribution in [0.15, 0.2) is 0 Å². The molecule has 0 aromatic carbocycles. The molecule has 1 heterocycles. The molecule has 1 aliphatic rings. The summed E-state index contributed by atoms with van der Waals surface area (Å²) in [6, 6.07) is 6.18. The molecule has 6 heteroatoms. The summed E-state index contributed by atoms with van der Waals surface area (Å²) in [5, 5.41) is 34.9. The maximum absolute atomic E-state index is 8.71. The molecule has 0 aromatic heterocycles. The van der Waals surface area contributed by atoms with E-state index in [2.05, 4.69) is 0 Å². The van der Waals surface area contributed by atoms with Crippen LogP contribution in [0.4, 0.5) is 0 Å². The van der Waals surface area contributed by atoms with Crippen molar-refractivity contribution in [3.8, 4) is 24.3 Å². The first kappa shape index (κ1) is 12.0. The molecule has 0 aromatic rings. The molecule has 0 amide bonds. The summed E-state index contributed by atoms with van der Waals surface area (Å²) in [4.78, 5) is 3.50. The van der Waals surface area contributed by atoms with Gasteiger partial charge in [0.15, 0.2) is 12.1 Å². The molecule has 1 saturated heterocycles. The maximum atomic E-state index is 8.71. The molecule has 0 atom stereocenters. The number of hydrogen-bond acceptors (Lipinski definition) is 6. The van der Waals surface area contributed by atoms with E-state index in [1.165, 1.54) is 0 Å². The fourth-order valence-electron chi connectivity index (χ4n) is 1.64. The number of nitrogens with zero attached hydrogens (tertiary/aromatic N) is 6. The Morgan fingerprint density at radius 2 is 0.875 bits per heavy atom. The van der Waals surface area contributed by atoms with Gasteiger partial charge in [-0.25, -0.2) is 0 Å². The van der Waals surface area contributed by atoms with E-state index in [0.29, 0.717) is 26.2 Å². The molecule has 6 nitrogen and oxygen atoms in total. The SMILES string of the molecule is N#CC(C#N)N1CCN(C(C#N)C#N)CC1. The normalized spacial score (nSPS) is 17.4. The minimum Gasteiger partial charge on any atom is -0.274 e. The van der Waals surface area contributed by atoms with E-state index >= 15 is 0 Å². The molecule has 0 spiro atoms. The highest BCUT2D eigenvalue weighted by Crippen LogP contribution is 2.08. The zero-order valence-electron chi connectivity index (χ0n) is 8.67. The van der Waals surface area contributed by atoms with Crippen LogP contribution in [0.25, 0.3) is 0 Å². The topological polar surface area (TPSA) is 102 Å². The van der Waals surface area contributed by atoms with Gasteiger partial charge in [-0.05, 0) is 0 Å². The summed E-state index contributed by atoms with van der Waals surface area (Å²) in [7, 11) is 0. The van der Waals surface area contributed by atoms with E-state index in [9.17, 15) is 0 Å². The smallest absolute Gasteiger partial charge is 0.186 e. The van der Waals surface area contributed by atoms with E-state index in [4.69, 9.17) is 21.0 Å². The van der Waals surface area contributed by atoms with Gasteiger partial charge in [-0.1, -0.05) is 0 Å². The zero-order chi connectivity index (χ0) is 12.0. The van der Waals surface area contributed by atoms with Gasteiger partial charge in [0.25, 0.3) is 0 Å². The first-order valence-corrected chi connectivity index (χ1v) is 4.83. The molecular weight excluding hydrogens is 204 g/mol. The second-order valence-corrected chi connectivity index (χ2v) is 3.39. The Morgan fingerprint density at radius 3 is 1.06 bits per heavy atom. The molecule has 0 saturated carbocycles. The molecule has 0 radical (unpaired) electrons. The van der Waals surface area contributed by atoms with Crippen molar-refractivity contribution in [3.05, 3.63) is 0 Å². The second-order valence-electron chi connectivity index (χ2n) is 3.39. The molecule has 0 bridgehead atoms. The monoisotopic (exact) mass is 214 g/mol. The summed E-state index contributed by atoms with van der Waals surface area (Å²) in [6.07, 6.45) is 0. The predicted molar refractivity (Wildman–Crippen MR) is 53.2 cm³/mol. The van der Waals surface area contributed by atoms with E-state index in [-0.39, 0.29) is 0 Å². The third-order valence-electron chi connectivity index (χ3n) is 2.57. The molecule has 0 aliphatic carbocycles. The Hall–Kier alpha value is -2.12. The lowest BCUT2D eigenvalue weighted by Gasteiger charge is -2.35. The average molecular weight is 214 g/mol. The summed E-state index contributed by atoms with van der Waals surface area (Å²) in [6.45, 7) is 2.13. The Balaban J connectivity index is 2.54. The van der Waals surface area contributed by atoms with E-state index in [1.54, 1.807) is 9.80 Å². The maximum Gasteiger partial charge on any atom is 0.186 e. The minimum absolute atomic E-state index is 0.533. The van der Waals surface area contributed by atoms with Crippen LogP contribution in [0.1, 0.15) is 0 Å². The third-order valence-corrected chi connectivity index (χ3v) is 2.57. The van der Waals surface area contributed by atoms with Crippen molar-refractivity contribution in [1.29, 1.82) is 21.0 Å². The molecule has 0 unspecified atom stereocenters. The number of piperazine rings is 1. The predicted octanol–water partition coefficient (Wildman–Crippen LogP) is -0.564. The summed E-state index contributed by atoms with van der Waals surface area (Å²) in [5.74, 6) is 0. The van der Waals surface area contributed by atoms with Gasteiger partial charge in [-0.15, -0.1) is 0 Å². The molecule has 0 N–H and O–H groups in total. The first-order valence-electron chi connectivity index (χ1n) is 4.83. The highest BCUT2D eigenvalue weighted by atomic mass is 15.3. The largest absolute Gasteiger partial charge is 0.274 e. The standard InChI is InChI=1S/C10H10N6/c11-5-9(6-12)15-1-2-16(4-3-15)10(7-13)8-14/h9-10H,1-4H2. The minimum atomic E-state index is -0.732. The van der Waals surface area contributed by atoms with Gasteiger partial charge in [0.1, 0.15) is 0 Å². The lowest BCUT2D eigenvalue weighted by molar-refractivity contribution is 0.124. The van der Waals surface area contributed by atoms with Gasteiger partial charge >= 0.3 is 0 Å². The summed E-state index contributed by atoms with van der Waals surface area (Å²) < 4.78 is 0. The van der Waals surface area contributed by atoms with Crippen LogP contribution in [0.3, 0.4) is 0 Å². The fraction of sp³-hybridized carbons (Fsp3) is 0.600. The summed E-state index contributed by atoms with van der Waals surface area (Å²) >= 11 is 0. The van der Waals surface area contributed by atoms with Crippen LogP contribution >= 0.6 is 0 Å². The van der Waals surface area contributed by atoms with Crippen LogP contribution in [0, 0.1) is 45.3 Å². The van der Waals surface area contributed by atoms with Crippen LogP contribution in [0.5, 0.6) is 0 Å². The van der Waals surface area contributed by atoms with Crippen LogP contribution in [-0.2, 0) is 0 Å². The van der Waals surface area contributed by atoms with Crippen molar-refractivity contribution in [3.63, 3.8) is 0 Å². The van der Waals surface area contributed by atoms with Crippen molar-refractivity contribution in [2.24, 2.45) is 0 Å². The van der Waals surface area contributed by atoms with Crippen molar-refractivity contribution >= 4 is 0 Å². The van der Waals surface area contributed by atoms with Gasteiger partial charge in [-0.2, -0.15) is 21.0 Å². The Labute approximate surface area is 94.1 Å². The Kier molecular flexibility index (Phi) is 4.25. The van der Waals surface area contributed by atoms with Crippen LogP contribution in [-0.4, -0.2) is 48.1 Å². The lowest BCUT2D eigenvalue weighted by Crippen LogP contribution is -2.52. The molecule has 1 rings (SSSR count). The molecular formula is C10H10N6. The lowest BCUT2D eigenvalue weighted by atomic mass is 10.2. The van der Waals surface area contributed by atoms with E-state index in [1.807, 2.05) is 24.3 Å². The van der Waals surface area contributed by atoms with Crippen molar-refractivity contribution < 1.29 is 0 Å². The fourth-order valence-corrected chi connectivity index (χ4v) is 1.64.